The van der Waals surface area contributed by atoms with Gasteiger partial charge in [-0.2, -0.15) is 0 Å². The molecule has 2 N–H and O–H groups in total. The largest absolute Gasteiger partial charge is 0.459 e. The van der Waals surface area contributed by atoms with Crippen LogP contribution in [0.5, 0.6) is 0 Å². The number of furan rings is 1. The number of thiophene rings is 1. The van der Waals surface area contributed by atoms with Crippen LogP contribution in [-0.4, -0.2) is 37.4 Å². The molecule has 0 unspecified atom stereocenters. The van der Waals surface area contributed by atoms with E-state index < -0.39 is 0 Å². The molecule has 6 nitrogen and oxygen atoms in total. The van der Waals surface area contributed by atoms with Gasteiger partial charge in [-0.05, 0) is 47.7 Å². The number of rotatable bonds is 7. The summed E-state index contributed by atoms with van der Waals surface area (Å²) >= 11 is 1.77. The molecule has 3 rings (SSSR count). The molecule has 0 bridgehead atoms. The number of guanidine groups is 1. The SMILES string of the molecule is CN=C(NCc1cccc(NC(=O)c2ccco2)c1)N(C)CCc1cccs1. The van der Waals surface area contributed by atoms with Crippen molar-refractivity contribution in [3.05, 3.63) is 76.4 Å². The number of hydrogen-bond acceptors (Lipinski definition) is 4. The van der Waals surface area contributed by atoms with E-state index in [0.717, 1.165) is 30.2 Å². The molecule has 28 heavy (non-hydrogen) atoms. The fourth-order valence-electron chi connectivity index (χ4n) is 2.76. The van der Waals surface area contributed by atoms with E-state index in [2.05, 4.69) is 38.0 Å². The van der Waals surface area contributed by atoms with Gasteiger partial charge in [-0.1, -0.05) is 18.2 Å². The maximum atomic E-state index is 12.1. The zero-order chi connectivity index (χ0) is 19.8. The molecule has 1 amide bonds. The minimum Gasteiger partial charge on any atom is -0.459 e. The highest BCUT2D eigenvalue weighted by molar-refractivity contribution is 7.09. The van der Waals surface area contributed by atoms with Crippen molar-refractivity contribution in [2.75, 3.05) is 26.0 Å². The van der Waals surface area contributed by atoms with E-state index in [1.54, 1.807) is 30.5 Å². The molecule has 0 aliphatic carbocycles. The predicted molar refractivity (Wildman–Crippen MR) is 114 cm³/mol. The lowest BCUT2D eigenvalue weighted by molar-refractivity contribution is 0.0996. The number of amides is 1. The molecule has 0 saturated heterocycles. The van der Waals surface area contributed by atoms with Gasteiger partial charge in [-0.3, -0.25) is 9.79 Å². The Morgan fingerprint density at radius 1 is 1.21 bits per heavy atom. The molecule has 7 heteroatoms. The first-order chi connectivity index (χ1) is 13.7. The Kier molecular flexibility index (Phi) is 6.86. The van der Waals surface area contributed by atoms with Gasteiger partial charge < -0.3 is 20.0 Å². The monoisotopic (exact) mass is 396 g/mol. The molecule has 0 aliphatic rings. The average Bonchev–Trinajstić information content (AvgIpc) is 3.41. The van der Waals surface area contributed by atoms with Gasteiger partial charge in [0.25, 0.3) is 5.91 Å². The quantitative estimate of drug-likeness (QED) is 0.470. The van der Waals surface area contributed by atoms with Gasteiger partial charge in [0.2, 0.25) is 0 Å². The molecule has 2 heterocycles. The molecule has 3 aromatic rings. The molecular weight excluding hydrogens is 372 g/mol. The summed E-state index contributed by atoms with van der Waals surface area (Å²) in [6, 6.07) is 15.3. The second kappa shape index (κ2) is 9.75. The zero-order valence-corrected chi connectivity index (χ0v) is 16.8. The lowest BCUT2D eigenvalue weighted by atomic mass is 10.2. The number of hydrogen-bond donors (Lipinski definition) is 2. The van der Waals surface area contributed by atoms with Gasteiger partial charge >= 0.3 is 0 Å². The second-order valence-electron chi connectivity index (χ2n) is 6.28. The first-order valence-corrected chi connectivity index (χ1v) is 9.91. The van der Waals surface area contributed by atoms with Crippen LogP contribution in [0.3, 0.4) is 0 Å². The van der Waals surface area contributed by atoms with E-state index >= 15 is 0 Å². The summed E-state index contributed by atoms with van der Waals surface area (Å²) in [6.45, 7) is 1.50. The third-order valence-corrected chi connectivity index (χ3v) is 5.16. The third kappa shape index (κ3) is 5.47. The van der Waals surface area contributed by atoms with Crippen LogP contribution >= 0.6 is 11.3 Å². The van der Waals surface area contributed by atoms with Crippen molar-refractivity contribution in [1.82, 2.24) is 10.2 Å². The molecule has 0 spiro atoms. The van der Waals surface area contributed by atoms with Crippen LogP contribution in [0, 0.1) is 0 Å². The summed E-state index contributed by atoms with van der Waals surface area (Å²) in [5, 5.41) is 8.31. The third-order valence-electron chi connectivity index (χ3n) is 4.23. The van der Waals surface area contributed by atoms with Crippen molar-refractivity contribution in [2.45, 2.75) is 13.0 Å². The Balaban J connectivity index is 1.53. The van der Waals surface area contributed by atoms with Crippen molar-refractivity contribution in [2.24, 2.45) is 4.99 Å². The number of nitrogens with zero attached hydrogens (tertiary/aromatic N) is 2. The van der Waals surface area contributed by atoms with Crippen LogP contribution in [0.2, 0.25) is 0 Å². The zero-order valence-electron chi connectivity index (χ0n) is 16.0. The Hall–Kier alpha value is -3.06. The van der Waals surface area contributed by atoms with E-state index in [1.165, 1.54) is 11.1 Å². The van der Waals surface area contributed by atoms with Gasteiger partial charge in [0.05, 0.1) is 6.26 Å². The summed E-state index contributed by atoms with van der Waals surface area (Å²) in [6.07, 6.45) is 2.47. The van der Waals surface area contributed by atoms with E-state index in [1.807, 2.05) is 31.3 Å². The second-order valence-corrected chi connectivity index (χ2v) is 7.32. The summed E-state index contributed by atoms with van der Waals surface area (Å²) < 4.78 is 5.12. The maximum Gasteiger partial charge on any atom is 0.291 e. The number of likely N-dealkylation sites (N-methyl/N-ethyl adjacent to an activating group) is 1. The topological polar surface area (TPSA) is 69.9 Å². The van der Waals surface area contributed by atoms with Crippen molar-refractivity contribution >= 4 is 28.9 Å². The summed E-state index contributed by atoms with van der Waals surface area (Å²) in [4.78, 5) is 19.9. The van der Waals surface area contributed by atoms with Gasteiger partial charge in [0, 0.05) is 37.7 Å². The highest BCUT2D eigenvalue weighted by Gasteiger charge is 2.10. The Bertz CT molecular complexity index is 904. The van der Waals surface area contributed by atoms with E-state index in [0.29, 0.717) is 6.54 Å². The van der Waals surface area contributed by atoms with Crippen LogP contribution in [0.1, 0.15) is 21.0 Å². The summed E-state index contributed by atoms with van der Waals surface area (Å²) in [5.41, 5.74) is 1.77. The Labute approximate surface area is 168 Å². The number of anilines is 1. The van der Waals surface area contributed by atoms with Crippen LogP contribution in [0.15, 0.2) is 69.6 Å². The molecule has 0 aliphatic heterocycles. The lowest BCUT2D eigenvalue weighted by Gasteiger charge is -2.22. The van der Waals surface area contributed by atoms with Crippen LogP contribution in [0.4, 0.5) is 5.69 Å². The molecule has 0 fully saturated rings. The molecule has 0 radical (unpaired) electrons. The smallest absolute Gasteiger partial charge is 0.291 e. The van der Waals surface area contributed by atoms with E-state index in [4.69, 9.17) is 4.42 Å². The maximum absolute atomic E-state index is 12.1. The minimum absolute atomic E-state index is 0.265. The van der Waals surface area contributed by atoms with E-state index in [-0.39, 0.29) is 11.7 Å². The van der Waals surface area contributed by atoms with Crippen LogP contribution < -0.4 is 10.6 Å². The average molecular weight is 397 g/mol. The number of nitrogens with one attached hydrogen (secondary N) is 2. The molecule has 0 saturated carbocycles. The van der Waals surface area contributed by atoms with Crippen molar-refractivity contribution < 1.29 is 9.21 Å². The van der Waals surface area contributed by atoms with Gasteiger partial charge in [0.1, 0.15) is 0 Å². The van der Waals surface area contributed by atoms with E-state index in [9.17, 15) is 4.79 Å². The first-order valence-electron chi connectivity index (χ1n) is 9.03. The summed E-state index contributed by atoms with van der Waals surface area (Å²) in [5.74, 6) is 0.858. The molecule has 2 aromatic heterocycles. The highest BCUT2D eigenvalue weighted by atomic mass is 32.1. The standard InChI is InChI=1S/C21H24N4O2S/c1-22-21(25(2)11-10-18-8-5-13-28-18)23-15-16-6-3-7-17(14-16)24-20(26)19-9-4-12-27-19/h3-9,12-14H,10-11,15H2,1-2H3,(H,22,23)(H,24,26). The molecule has 146 valence electrons. The van der Waals surface area contributed by atoms with Gasteiger partial charge in [-0.25, -0.2) is 0 Å². The number of aliphatic imine (C=N–C) groups is 1. The van der Waals surface area contributed by atoms with Crippen LogP contribution in [-0.2, 0) is 13.0 Å². The molecular formula is C21H24N4O2S. The van der Waals surface area contributed by atoms with Crippen molar-refractivity contribution in [1.29, 1.82) is 0 Å². The van der Waals surface area contributed by atoms with Crippen LogP contribution in [0.25, 0.3) is 0 Å². The van der Waals surface area contributed by atoms with Gasteiger partial charge in [-0.15, -0.1) is 11.3 Å². The number of carbonyl (C=O) groups excluding carboxylic acids is 1. The predicted octanol–water partition coefficient (Wildman–Crippen LogP) is 3.84. The molecule has 1 aromatic carbocycles. The van der Waals surface area contributed by atoms with Crippen molar-refractivity contribution in [3.8, 4) is 0 Å². The summed E-state index contributed by atoms with van der Waals surface area (Å²) in [7, 11) is 3.81. The Morgan fingerprint density at radius 2 is 2.11 bits per heavy atom. The minimum atomic E-state index is -0.265. The normalized spacial score (nSPS) is 11.3. The fourth-order valence-corrected chi connectivity index (χ4v) is 3.46. The number of benzene rings is 1. The highest BCUT2D eigenvalue weighted by Crippen LogP contribution is 2.13. The van der Waals surface area contributed by atoms with Crippen molar-refractivity contribution in [3.63, 3.8) is 0 Å². The fraction of sp³-hybridized carbons (Fsp3) is 0.238. The Morgan fingerprint density at radius 3 is 2.82 bits per heavy atom. The first kappa shape index (κ1) is 19.7. The number of carbonyl (C=O) groups is 1. The molecule has 0 atom stereocenters. The lowest BCUT2D eigenvalue weighted by Crippen LogP contribution is -2.39. The van der Waals surface area contributed by atoms with Gasteiger partial charge in [0.15, 0.2) is 11.7 Å².